The Bertz CT molecular complexity index is 608. The van der Waals surface area contributed by atoms with E-state index >= 15 is 0 Å². The van der Waals surface area contributed by atoms with Crippen LogP contribution in [0.2, 0.25) is 0 Å². The molecule has 0 aromatic heterocycles. The first-order valence-corrected chi connectivity index (χ1v) is 9.64. The van der Waals surface area contributed by atoms with Crippen LogP contribution in [0.4, 0.5) is 0 Å². The molecule has 1 aliphatic heterocycles. The average Bonchev–Trinajstić information content (AvgIpc) is 3.12. The summed E-state index contributed by atoms with van der Waals surface area (Å²) in [6.07, 6.45) is 3.33. The van der Waals surface area contributed by atoms with Crippen molar-refractivity contribution in [2.75, 3.05) is 46.8 Å². The number of carbonyl (C=O) groups is 1. The van der Waals surface area contributed by atoms with Gasteiger partial charge in [-0.15, -0.1) is 24.0 Å². The molecule has 1 saturated heterocycles. The summed E-state index contributed by atoms with van der Waals surface area (Å²) >= 11 is 0. The van der Waals surface area contributed by atoms with Crippen molar-refractivity contribution < 1.29 is 4.79 Å². The largest absolute Gasteiger partial charge is 0.356 e. The van der Waals surface area contributed by atoms with E-state index < -0.39 is 0 Å². The second-order valence-electron chi connectivity index (χ2n) is 6.86. The molecule has 0 aliphatic carbocycles. The van der Waals surface area contributed by atoms with Gasteiger partial charge < -0.3 is 20.9 Å². The Morgan fingerprint density at radius 2 is 2.15 bits per heavy atom. The maximum atomic E-state index is 11.7. The van der Waals surface area contributed by atoms with Crippen LogP contribution in [0.15, 0.2) is 29.3 Å². The molecule has 27 heavy (non-hydrogen) atoms. The predicted molar refractivity (Wildman–Crippen MR) is 123 cm³/mol. The Morgan fingerprint density at radius 3 is 2.85 bits per heavy atom. The van der Waals surface area contributed by atoms with E-state index in [1.807, 2.05) is 24.3 Å². The Kier molecular flexibility index (Phi) is 11.3. The molecule has 1 heterocycles. The van der Waals surface area contributed by atoms with Crippen molar-refractivity contribution in [2.24, 2.45) is 10.9 Å². The third-order valence-electron chi connectivity index (χ3n) is 4.81. The number of halogens is 1. The Hall–Kier alpha value is -1.35. The molecule has 0 bridgehead atoms. The van der Waals surface area contributed by atoms with Crippen molar-refractivity contribution >= 4 is 35.8 Å². The third-order valence-corrected chi connectivity index (χ3v) is 4.81. The first-order chi connectivity index (χ1) is 12.7. The number of hydrogen-bond donors (Lipinski definition) is 3. The van der Waals surface area contributed by atoms with Crippen LogP contribution in [0, 0.1) is 5.92 Å². The molecule has 0 spiro atoms. The van der Waals surface area contributed by atoms with Gasteiger partial charge in [0.25, 0.3) is 5.91 Å². The number of carbonyl (C=O) groups excluding carboxylic acids is 1. The maximum absolute atomic E-state index is 11.7. The van der Waals surface area contributed by atoms with Crippen LogP contribution in [0.25, 0.3) is 0 Å². The fourth-order valence-corrected chi connectivity index (χ4v) is 3.40. The van der Waals surface area contributed by atoms with E-state index in [-0.39, 0.29) is 29.9 Å². The summed E-state index contributed by atoms with van der Waals surface area (Å²) in [5.41, 5.74) is 1.84. The first kappa shape index (κ1) is 23.7. The molecule has 1 aliphatic rings. The Morgan fingerprint density at radius 1 is 1.33 bits per heavy atom. The van der Waals surface area contributed by atoms with Crippen molar-refractivity contribution in [1.82, 2.24) is 20.9 Å². The van der Waals surface area contributed by atoms with Crippen molar-refractivity contribution in [3.05, 3.63) is 35.4 Å². The van der Waals surface area contributed by atoms with E-state index in [2.05, 4.69) is 32.8 Å². The fourth-order valence-electron chi connectivity index (χ4n) is 3.40. The Labute approximate surface area is 180 Å². The number of likely N-dealkylation sites (tertiary alicyclic amines) is 1. The van der Waals surface area contributed by atoms with Gasteiger partial charge in [-0.05, 0) is 56.0 Å². The zero-order valence-electron chi connectivity index (χ0n) is 16.8. The summed E-state index contributed by atoms with van der Waals surface area (Å²) in [7, 11) is 3.46. The summed E-state index contributed by atoms with van der Waals surface area (Å²) in [6, 6.07) is 7.75. The maximum Gasteiger partial charge on any atom is 0.251 e. The number of guanidine groups is 1. The molecule has 0 radical (unpaired) electrons. The average molecular weight is 487 g/mol. The van der Waals surface area contributed by atoms with E-state index in [1.54, 1.807) is 14.1 Å². The van der Waals surface area contributed by atoms with Gasteiger partial charge in [-0.2, -0.15) is 0 Å². The number of hydrogen-bond acceptors (Lipinski definition) is 3. The van der Waals surface area contributed by atoms with Crippen LogP contribution >= 0.6 is 24.0 Å². The van der Waals surface area contributed by atoms with E-state index in [4.69, 9.17) is 0 Å². The molecule has 1 amide bonds. The highest BCUT2D eigenvalue weighted by molar-refractivity contribution is 14.0. The molecule has 1 unspecified atom stereocenters. The highest BCUT2D eigenvalue weighted by Gasteiger charge is 2.21. The highest BCUT2D eigenvalue weighted by Crippen LogP contribution is 2.15. The lowest BCUT2D eigenvalue weighted by atomic mass is 10.1. The number of benzene rings is 1. The summed E-state index contributed by atoms with van der Waals surface area (Å²) in [4.78, 5) is 18.6. The summed E-state index contributed by atoms with van der Waals surface area (Å²) < 4.78 is 0. The van der Waals surface area contributed by atoms with Crippen molar-refractivity contribution in [3.8, 4) is 0 Å². The minimum absolute atomic E-state index is 0. The van der Waals surface area contributed by atoms with Crippen molar-refractivity contribution in [2.45, 2.75) is 26.2 Å². The molecule has 6 nitrogen and oxygen atoms in total. The molecule has 1 fully saturated rings. The van der Waals surface area contributed by atoms with E-state index in [1.165, 1.54) is 32.5 Å². The zero-order valence-corrected chi connectivity index (χ0v) is 19.1. The molecule has 1 aromatic carbocycles. The zero-order chi connectivity index (χ0) is 18.8. The normalized spacial score (nSPS) is 17.3. The standard InChI is InChI=1S/C20H33N5O.HI/c1-4-11-25-12-9-17(15-25)14-24-20(22-3)23-10-8-16-6-5-7-18(13-16)19(26)21-2;/h5-7,13,17H,4,8-12,14-15H2,1-3H3,(H,21,26)(H2,22,23,24);1H. The molecule has 7 heteroatoms. The molecular formula is C20H34IN5O. The lowest BCUT2D eigenvalue weighted by Crippen LogP contribution is -2.41. The smallest absolute Gasteiger partial charge is 0.251 e. The quantitative estimate of drug-likeness (QED) is 0.299. The number of aliphatic imine (C=N–C) groups is 1. The van der Waals surface area contributed by atoms with Gasteiger partial charge in [0.15, 0.2) is 5.96 Å². The summed E-state index contributed by atoms with van der Waals surface area (Å²) in [5.74, 6) is 1.50. The molecule has 152 valence electrons. The molecule has 2 rings (SSSR count). The third kappa shape index (κ3) is 8.04. The molecule has 1 atom stereocenters. The van der Waals surface area contributed by atoms with Gasteiger partial charge in [0, 0.05) is 39.3 Å². The first-order valence-electron chi connectivity index (χ1n) is 9.64. The number of amides is 1. The highest BCUT2D eigenvalue weighted by atomic mass is 127. The lowest BCUT2D eigenvalue weighted by molar-refractivity contribution is 0.0963. The van der Waals surface area contributed by atoms with Crippen LogP contribution in [0.5, 0.6) is 0 Å². The predicted octanol–water partition coefficient (Wildman–Crippen LogP) is 2.10. The topological polar surface area (TPSA) is 68.8 Å². The van der Waals surface area contributed by atoms with Gasteiger partial charge in [0.05, 0.1) is 0 Å². The van der Waals surface area contributed by atoms with Crippen LogP contribution in [0.1, 0.15) is 35.7 Å². The van der Waals surface area contributed by atoms with Crippen LogP contribution in [-0.2, 0) is 6.42 Å². The minimum Gasteiger partial charge on any atom is -0.356 e. The number of nitrogens with one attached hydrogen (secondary N) is 3. The SMILES string of the molecule is CCCN1CCC(CNC(=NC)NCCc2cccc(C(=O)NC)c2)C1.I. The molecular weight excluding hydrogens is 453 g/mol. The fraction of sp³-hybridized carbons (Fsp3) is 0.600. The van der Waals surface area contributed by atoms with Gasteiger partial charge >= 0.3 is 0 Å². The van der Waals surface area contributed by atoms with Gasteiger partial charge in [0.1, 0.15) is 0 Å². The molecule has 1 aromatic rings. The molecule has 3 N–H and O–H groups in total. The molecule has 0 saturated carbocycles. The van der Waals surface area contributed by atoms with E-state index in [9.17, 15) is 4.79 Å². The van der Waals surface area contributed by atoms with E-state index in [0.717, 1.165) is 31.0 Å². The Balaban J connectivity index is 0.00000364. The van der Waals surface area contributed by atoms with Crippen LogP contribution < -0.4 is 16.0 Å². The second kappa shape index (κ2) is 12.9. The minimum atomic E-state index is -0.0500. The van der Waals surface area contributed by atoms with Crippen LogP contribution in [-0.4, -0.2) is 63.6 Å². The summed E-state index contributed by atoms with van der Waals surface area (Å²) in [6.45, 7) is 7.59. The second-order valence-corrected chi connectivity index (χ2v) is 6.86. The van der Waals surface area contributed by atoms with Crippen molar-refractivity contribution in [1.29, 1.82) is 0 Å². The number of rotatable bonds is 8. The van der Waals surface area contributed by atoms with Crippen LogP contribution in [0.3, 0.4) is 0 Å². The van der Waals surface area contributed by atoms with E-state index in [0.29, 0.717) is 11.5 Å². The lowest BCUT2D eigenvalue weighted by Gasteiger charge is -2.17. The monoisotopic (exact) mass is 487 g/mol. The van der Waals surface area contributed by atoms with Gasteiger partial charge in [-0.25, -0.2) is 0 Å². The van der Waals surface area contributed by atoms with Gasteiger partial charge in [-0.1, -0.05) is 19.1 Å². The van der Waals surface area contributed by atoms with Gasteiger partial charge in [-0.3, -0.25) is 9.79 Å². The van der Waals surface area contributed by atoms with Gasteiger partial charge in [0.2, 0.25) is 0 Å². The number of nitrogens with zero attached hydrogens (tertiary/aromatic N) is 2. The summed E-state index contributed by atoms with van der Waals surface area (Å²) in [5, 5.41) is 9.47. The van der Waals surface area contributed by atoms with Crippen molar-refractivity contribution in [3.63, 3.8) is 0 Å².